The molecule has 2 aliphatic carbocycles. The van der Waals surface area contributed by atoms with E-state index in [0.29, 0.717) is 0 Å². The number of hydrogen-bond acceptors (Lipinski definition) is 1. The molecule has 0 saturated carbocycles. The summed E-state index contributed by atoms with van der Waals surface area (Å²) in [5.41, 5.74) is 13.0. The van der Waals surface area contributed by atoms with Crippen LogP contribution in [0, 0.1) is 0 Å². The number of hydrogen-bond donors (Lipinski definition) is 0. The molecule has 0 nitrogen and oxygen atoms in total. The van der Waals surface area contributed by atoms with Crippen LogP contribution < -0.4 is 0 Å². The van der Waals surface area contributed by atoms with E-state index in [1.165, 1.54) is 97.4 Å². The summed E-state index contributed by atoms with van der Waals surface area (Å²) in [5, 5.41) is 7.85. The molecule has 1 unspecified atom stereocenters. The van der Waals surface area contributed by atoms with Crippen molar-refractivity contribution >= 4 is 69.0 Å². The van der Waals surface area contributed by atoms with Crippen molar-refractivity contribution in [2.24, 2.45) is 0 Å². The highest BCUT2D eigenvalue weighted by atomic mass is 79.9. The minimum Gasteiger partial charge on any atom is -0.135 e. The van der Waals surface area contributed by atoms with Crippen molar-refractivity contribution in [2.45, 2.75) is 5.41 Å². The molecular formula is C45H25BrS. The quantitative estimate of drug-likeness (QED) is 0.162. The van der Waals surface area contributed by atoms with Crippen LogP contribution in [0.2, 0.25) is 0 Å². The van der Waals surface area contributed by atoms with Crippen LogP contribution in [0.4, 0.5) is 0 Å². The van der Waals surface area contributed by atoms with Gasteiger partial charge in [0.15, 0.2) is 0 Å². The van der Waals surface area contributed by atoms with E-state index in [9.17, 15) is 0 Å². The summed E-state index contributed by atoms with van der Waals surface area (Å²) in [5.74, 6) is 0. The van der Waals surface area contributed by atoms with Crippen molar-refractivity contribution in [3.05, 3.63) is 178 Å². The highest BCUT2D eigenvalue weighted by Gasteiger charge is 2.52. The van der Waals surface area contributed by atoms with Gasteiger partial charge in [0, 0.05) is 24.6 Å². The molecular weight excluding hydrogens is 652 g/mol. The molecule has 0 aliphatic heterocycles. The molecule has 47 heavy (non-hydrogen) atoms. The van der Waals surface area contributed by atoms with Crippen LogP contribution in [-0.4, -0.2) is 0 Å². The smallest absolute Gasteiger partial charge is 0.0731 e. The summed E-state index contributed by atoms with van der Waals surface area (Å²) in [6, 6.07) is 57.3. The second-order valence-electron chi connectivity index (χ2n) is 12.9. The normalized spacial score (nSPS) is 15.9. The first-order valence-electron chi connectivity index (χ1n) is 16.1. The monoisotopic (exact) mass is 676 g/mol. The predicted octanol–water partition coefficient (Wildman–Crippen LogP) is 13.1. The van der Waals surface area contributed by atoms with Crippen LogP contribution in [0.15, 0.2) is 156 Å². The van der Waals surface area contributed by atoms with E-state index in [1.54, 1.807) is 0 Å². The Hall–Kier alpha value is -5.02. The molecule has 0 bridgehead atoms. The second kappa shape index (κ2) is 9.29. The zero-order valence-electron chi connectivity index (χ0n) is 25.2. The molecule has 1 atom stereocenters. The van der Waals surface area contributed by atoms with Gasteiger partial charge in [-0.25, -0.2) is 0 Å². The molecule has 218 valence electrons. The predicted molar refractivity (Wildman–Crippen MR) is 204 cm³/mol. The van der Waals surface area contributed by atoms with Crippen LogP contribution in [0.25, 0.3) is 75.1 Å². The number of fused-ring (bicyclic) bond motifs is 17. The molecule has 9 aromatic rings. The zero-order chi connectivity index (χ0) is 30.9. The van der Waals surface area contributed by atoms with Gasteiger partial charge in [0.05, 0.1) is 5.41 Å². The van der Waals surface area contributed by atoms with E-state index in [1.807, 2.05) is 11.3 Å². The van der Waals surface area contributed by atoms with Crippen molar-refractivity contribution in [3.8, 4) is 33.4 Å². The van der Waals surface area contributed by atoms with Gasteiger partial charge in [0.1, 0.15) is 0 Å². The third kappa shape index (κ3) is 3.32. The van der Waals surface area contributed by atoms with E-state index in [2.05, 4.69) is 168 Å². The van der Waals surface area contributed by atoms with Gasteiger partial charge in [-0.2, -0.15) is 0 Å². The molecule has 0 N–H and O–H groups in total. The van der Waals surface area contributed by atoms with E-state index >= 15 is 0 Å². The van der Waals surface area contributed by atoms with Crippen LogP contribution in [0.1, 0.15) is 22.3 Å². The van der Waals surface area contributed by atoms with E-state index in [-0.39, 0.29) is 0 Å². The van der Waals surface area contributed by atoms with Gasteiger partial charge in [0.2, 0.25) is 0 Å². The van der Waals surface area contributed by atoms with Gasteiger partial charge >= 0.3 is 0 Å². The average Bonchev–Trinajstić information content (AvgIpc) is 3.74. The van der Waals surface area contributed by atoms with Crippen molar-refractivity contribution in [3.63, 3.8) is 0 Å². The maximum Gasteiger partial charge on any atom is 0.0731 e. The highest BCUT2D eigenvalue weighted by molar-refractivity contribution is 9.10. The van der Waals surface area contributed by atoms with Crippen molar-refractivity contribution in [2.75, 3.05) is 0 Å². The summed E-state index contributed by atoms with van der Waals surface area (Å²) in [6.45, 7) is 0. The fraction of sp³-hybridized carbons (Fsp3) is 0.0222. The SMILES string of the molecule is Brc1ccc2sc3ccc(-c4ccc5c(c4)-c4ccccc4C54c5ccc6ccccc6c5-c5ccc6ccccc6c54)cc3c2c1. The van der Waals surface area contributed by atoms with Crippen LogP contribution in [0.3, 0.4) is 0 Å². The maximum absolute atomic E-state index is 3.70. The highest BCUT2D eigenvalue weighted by Crippen LogP contribution is 2.65. The molecule has 2 heteroatoms. The van der Waals surface area contributed by atoms with Crippen LogP contribution in [0.5, 0.6) is 0 Å². The summed E-state index contributed by atoms with van der Waals surface area (Å²) in [6.07, 6.45) is 0. The number of thiophene rings is 1. The van der Waals surface area contributed by atoms with Gasteiger partial charge in [-0.3, -0.25) is 0 Å². The molecule has 2 aliphatic rings. The van der Waals surface area contributed by atoms with Gasteiger partial charge in [0.25, 0.3) is 0 Å². The molecule has 1 spiro atoms. The van der Waals surface area contributed by atoms with Gasteiger partial charge in [-0.05, 0) is 114 Å². The minimum atomic E-state index is -0.403. The fourth-order valence-corrected chi connectivity index (χ4v) is 10.3. The van der Waals surface area contributed by atoms with E-state index in [0.717, 1.165) is 4.47 Å². The number of halogens is 1. The largest absolute Gasteiger partial charge is 0.135 e. The van der Waals surface area contributed by atoms with E-state index in [4.69, 9.17) is 0 Å². The lowest BCUT2D eigenvalue weighted by Gasteiger charge is -2.31. The Labute approximate surface area is 284 Å². The average molecular weight is 678 g/mol. The summed E-state index contributed by atoms with van der Waals surface area (Å²) in [4.78, 5) is 0. The Kier molecular flexibility index (Phi) is 5.16. The molecule has 0 amide bonds. The standard InChI is InChI=1S/C45H25BrS/c46-30-17-22-42-37(25-30)36-24-29(16-21-41(36)47-42)28-15-19-39-35(23-28)33-11-5-6-12-38(33)45(39)40-20-14-26-7-1-3-9-31(26)43(40)34-18-13-27-8-2-4-10-32(27)44(34)45/h1-25H. The van der Waals surface area contributed by atoms with Crippen molar-refractivity contribution < 1.29 is 0 Å². The Morgan fingerprint density at radius 2 is 1.06 bits per heavy atom. The van der Waals surface area contributed by atoms with Gasteiger partial charge < -0.3 is 0 Å². The third-order valence-electron chi connectivity index (χ3n) is 10.7. The molecule has 1 heterocycles. The molecule has 0 saturated heterocycles. The Balaban J connectivity index is 1.23. The Morgan fingerprint density at radius 1 is 0.426 bits per heavy atom. The van der Waals surface area contributed by atoms with Crippen LogP contribution in [-0.2, 0) is 5.41 Å². The minimum absolute atomic E-state index is 0.403. The first-order chi connectivity index (χ1) is 23.2. The van der Waals surface area contributed by atoms with Gasteiger partial charge in [-0.15, -0.1) is 11.3 Å². The lowest BCUT2D eigenvalue weighted by atomic mass is 9.69. The second-order valence-corrected chi connectivity index (χ2v) is 14.9. The zero-order valence-corrected chi connectivity index (χ0v) is 27.6. The molecule has 8 aromatic carbocycles. The summed E-state index contributed by atoms with van der Waals surface area (Å²) < 4.78 is 3.76. The summed E-state index contributed by atoms with van der Waals surface area (Å²) >= 11 is 5.57. The Bertz CT molecular complexity index is 2820. The lowest BCUT2D eigenvalue weighted by Crippen LogP contribution is -2.26. The molecule has 0 fully saturated rings. The maximum atomic E-state index is 3.70. The number of benzene rings is 8. The number of rotatable bonds is 1. The Morgan fingerprint density at radius 3 is 1.96 bits per heavy atom. The van der Waals surface area contributed by atoms with Gasteiger partial charge in [-0.1, -0.05) is 131 Å². The molecule has 0 radical (unpaired) electrons. The lowest BCUT2D eigenvalue weighted by molar-refractivity contribution is 0.802. The fourth-order valence-electron chi connectivity index (χ4n) is 8.85. The van der Waals surface area contributed by atoms with Crippen molar-refractivity contribution in [1.29, 1.82) is 0 Å². The third-order valence-corrected chi connectivity index (χ3v) is 12.4. The van der Waals surface area contributed by atoms with E-state index < -0.39 is 5.41 Å². The molecule has 11 rings (SSSR count). The van der Waals surface area contributed by atoms with Crippen molar-refractivity contribution in [1.82, 2.24) is 0 Å². The summed E-state index contributed by atoms with van der Waals surface area (Å²) in [7, 11) is 0. The first kappa shape index (κ1) is 26.1. The first-order valence-corrected chi connectivity index (χ1v) is 17.7. The van der Waals surface area contributed by atoms with Crippen LogP contribution >= 0.6 is 27.3 Å². The topological polar surface area (TPSA) is 0 Å². The molecule has 1 aromatic heterocycles.